The Kier molecular flexibility index (Phi) is 5.79. The van der Waals surface area contributed by atoms with E-state index < -0.39 is 0 Å². The van der Waals surface area contributed by atoms with Crippen LogP contribution in [0.1, 0.15) is 29.5 Å². The second-order valence-electron chi connectivity index (χ2n) is 8.91. The van der Waals surface area contributed by atoms with Crippen LogP contribution in [-0.2, 0) is 0 Å². The van der Waals surface area contributed by atoms with Gasteiger partial charge in [0.15, 0.2) is 0 Å². The molecule has 1 heteroatoms. The van der Waals surface area contributed by atoms with E-state index in [1.807, 2.05) is 12.4 Å². The van der Waals surface area contributed by atoms with Gasteiger partial charge in [-0.1, -0.05) is 78.4 Å². The number of rotatable bonds is 2. The van der Waals surface area contributed by atoms with Crippen molar-refractivity contribution in [3.8, 4) is 22.3 Å². The SMILES string of the molecule is Cc1ccc(C)c(-c2ccncc2)c2c(c(-c3cccc4ccccc34)c(C)c1)=CCCC=2. The number of pyridine rings is 1. The van der Waals surface area contributed by atoms with Crippen LogP contribution < -0.4 is 10.4 Å². The molecule has 0 N–H and O–H groups in total. The first-order valence-corrected chi connectivity index (χ1v) is 11.7. The van der Waals surface area contributed by atoms with Crippen molar-refractivity contribution in [3.05, 3.63) is 112 Å². The third-order valence-electron chi connectivity index (χ3n) is 6.55. The minimum absolute atomic E-state index is 1.06. The maximum Gasteiger partial charge on any atom is 0.0273 e. The molecule has 1 heterocycles. The third-order valence-corrected chi connectivity index (χ3v) is 6.55. The zero-order chi connectivity index (χ0) is 22.8. The lowest BCUT2D eigenvalue weighted by atomic mass is 9.89. The Morgan fingerprint density at radius 3 is 2.12 bits per heavy atom. The van der Waals surface area contributed by atoms with Crippen molar-refractivity contribution < 1.29 is 0 Å². The number of aromatic nitrogens is 1. The van der Waals surface area contributed by atoms with Crippen LogP contribution in [0, 0.1) is 20.8 Å². The van der Waals surface area contributed by atoms with Gasteiger partial charge in [0.25, 0.3) is 0 Å². The largest absolute Gasteiger partial charge is 0.265 e. The lowest BCUT2D eigenvalue weighted by Crippen LogP contribution is -2.30. The smallest absolute Gasteiger partial charge is 0.0273 e. The summed E-state index contributed by atoms with van der Waals surface area (Å²) in [6.07, 6.45) is 10.8. The summed E-state index contributed by atoms with van der Waals surface area (Å²) in [5, 5.41) is 5.23. The van der Waals surface area contributed by atoms with E-state index in [0.717, 1.165) is 12.8 Å². The van der Waals surface area contributed by atoms with E-state index in [4.69, 9.17) is 0 Å². The molecule has 3 aromatic carbocycles. The molecule has 0 saturated carbocycles. The molecule has 33 heavy (non-hydrogen) atoms. The second kappa shape index (κ2) is 9.03. The average molecular weight is 428 g/mol. The molecule has 162 valence electrons. The van der Waals surface area contributed by atoms with Gasteiger partial charge in [0.2, 0.25) is 0 Å². The van der Waals surface area contributed by atoms with E-state index >= 15 is 0 Å². The Bertz CT molecular complexity index is 1520. The summed E-state index contributed by atoms with van der Waals surface area (Å²) in [6.45, 7) is 6.67. The molecule has 0 aliphatic heterocycles. The van der Waals surface area contributed by atoms with E-state index in [1.54, 1.807) is 0 Å². The fourth-order valence-electron chi connectivity index (χ4n) is 5.08. The molecule has 0 fully saturated rings. The maximum absolute atomic E-state index is 4.27. The van der Waals surface area contributed by atoms with Crippen LogP contribution in [0.2, 0.25) is 0 Å². The number of nitrogens with zero attached hydrogens (tertiary/aromatic N) is 1. The minimum Gasteiger partial charge on any atom is -0.265 e. The van der Waals surface area contributed by atoms with Gasteiger partial charge in [-0.3, -0.25) is 4.98 Å². The van der Waals surface area contributed by atoms with Crippen molar-refractivity contribution in [2.75, 3.05) is 0 Å². The lowest BCUT2D eigenvalue weighted by Gasteiger charge is -2.15. The summed E-state index contributed by atoms with van der Waals surface area (Å²) in [7, 11) is 0. The van der Waals surface area contributed by atoms with Gasteiger partial charge in [-0.05, 0) is 100 Å². The van der Waals surface area contributed by atoms with Crippen molar-refractivity contribution in [1.29, 1.82) is 0 Å². The van der Waals surface area contributed by atoms with Crippen LogP contribution in [0.4, 0.5) is 0 Å². The van der Waals surface area contributed by atoms with E-state index in [0.29, 0.717) is 0 Å². The summed E-state index contributed by atoms with van der Waals surface area (Å²) in [6, 6.07) is 26.5. The normalized spacial score (nSPS) is 12.3. The molecular weight excluding hydrogens is 398 g/mol. The zero-order valence-corrected chi connectivity index (χ0v) is 19.6. The number of fused-ring (bicyclic) bond motifs is 2. The fourth-order valence-corrected chi connectivity index (χ4v) is 5.08. The molecule has 4 aromatic rings. The van der Waals surface area contributed by atoms with Gasteiger partial charge < -0.3 is 0 Å². The third kappa shape index (κ3) is 4.07. The summed E-state index contributed by atoms with van der Waals surface area (Å²) in [5.74, 6) is 0. The average Bonchev–Trinajstić information content (AvgIpc) is 2.84. The molecule has 0 bridgehead atoms. The van der Waals surface area contributed by atoms with E-state index in [1.165, 1.54) is 60.2 Å². The molecular formula is C32H29N. The molecule has 0 spiro atoms. The van der Waals surface area contributed by atoms with E-state index in [9.17, 15) is 0 Å². The van der Waals surface area contributed by atoms with Gasteiger partial charge >= 0.3 is 0 Å². The van der Waals surface area contributed by atoms with Crippen molar-refractivity contribution in [2.45, 2.75) is 33.6 Å². The molecule has 1 aliphatic rings. The quantitative estimate of drug-likeness (QED) is 0.336. The number of hydrogen-bond donors (Lipinski definition) is 0. The first-order chi connectivity index (χ1) is 16.1. The first kappa shape index (κ1) is 21.2. The molecule has 1 nitrogen and oxygen atoms in total. The summed E-state index contributed by atoms with van der Waals surface area (Å²) < 4.78 is 0. The predicted molar refractivity (Wildman–Crippen MR) is 142 cm³/mol. The van der Waals surface area contributed by atoms with Crippen LogP contribution in [0.3, 0.4) is 0 Å². The van der Waals surface area contributed by atoms with Gasteiger partial charge in [-0.25, -0.2) is 0 Å². The Labute approximate surface area is 196 Å². The monoisotopic (exact) mass is 427 g/mol. The van der Waals surface area contributed by atoms with Crippen LogP contribution in [0.15, 0.2) is 85.2 Å². The molecule has 1 aliphatic carbocycles. The van der Waals surface area contributed by atoms with Gasteiger partial charge in [0.05, 0.1) is 0 Å². The van der Waals surface area contributed by atoms with E-state index in [2.05, 4.69) is 111 Å². The van der Waals surface area contributed by atoms with Gasteiger partial charge in [-0.15, -0.1) is 0 Å². The second-order valence-corrected chi connectivity index (χ2v) is 8.91. The number of hydrogen-bond acceptors (Lipinski definition) is 1. The van der Waals surface area contributed by atoms with Crippen LogP contribution in [0.5, 0.6) is 0 Å². The zero-order valence-electron chi connectivity index (χ0n) is 19.6. The highest BCUT2D eigenvalue weighted by Gasteiger charge is 2.12. The fraction of sp³-hybridized carbons (Fsp3) is 0.156. The summed E-state index contributed by atoms with van der Waals surface area (Å²) in [5.41, 5.74) is 8.94. The Morgan fingerprint density at radius 2 is 1.33 bits per heavy atom. The number of aryl methyl sites for hydroxylation is 3. The number of benzene rings is 2. The molecule has 1 aromatic heterocycles. The molecule has 0 saturated heterocycles. The standard InChI is InChI=1S/C32H29N/c1-22-15-16-23(2)31(26-17-19-33-20-18-26)29-12-6-7-13-30(29)32(24(3)21-22)28-14-8-10-25-9-4-5-11-27(25)28/h4-5,8-21H,6-7H2,1-3H3. The van der Waals surface area contributed by atoms with Crippen LogP contribution in [-0.4, -0.2) is 4.98 Å². The highest BCUT2D eigenvalue weighted by atomic mass is 14.6. The molecule has 0 radical (unpaired) electrons. The van der Waals surface area contributed by atoms with Crippen molar-refractivity contribution >= 4 is 22.9 Å². The van der Waals surface area contributed by atoms with Crippen LogP contribution >= 0.6 is 0 Å². The highest BCUT2D eigenvalue weighted by Crippen LogP contribution is 2.29. The topological polar surface area (TPSA) is 12.9 Å². The summed E-state index contributed by atoms with van der Waals surface area (Å²) >= 11 is 0. The Hall–Kier alpha value is -3.71. The van der Waals surface area contributed by atoms with E-state index in [-0.39, 0.29) is 0 Å². The molecule has 0 atom stereocenters. The van der Waals surface area contributed by atoms with Gasteiger partial charge in [0, 0.05) is 12.4 Å². The van der Waals surface area contributed by atoms with Crippen LogP contribution in [0.25, 0.3) is 45.2 Å². The molecule has 0 amide bonds. The van der Waals surface area contributed by atoms with Crippen molar-refractivity contribution in [1.82, 2.24) is 4.98 Å². The van der Waals surface area contributed by atoms with Gasteiger partial charge in [0.1, 0.15) is 0 Å². The Morgan fingerprint density at radius 1 is 0.636 bits per heavy atom. The maximum atomic E-state index is 4.27. The molecule has 5 rings (SSSR count). The van der Waals surface area contributed by atoms with Gasteiger partial charge in [-0.2, -0.15) is 0 Å². The molecule has 0 unspecified atom stereocenters. The first-order valence-electron chi connectivity index (χ1n) is 11.7. The van der Waals surface area contributed by atoms with Crippen molar-refractivity contribution in [2.24, 2.45) is 0 Å². The summed E-state index contributed by atoms with van der Waals surface area (Å²) in [4.78, 5) is 4.27. The highest BCUT2D eigenvalue weighted by molar-refractivity contribution is 5.97. The predicted octanol–water partition coefficient (Wildman–Crippen LogP) is 6.97. The minimum atomic E-state index is 1.06. The Balaban J connectivity index is 2.05. The van der Waals surface area contributed by atoms with Crippen molar-refractivity contribution in [3.63, 3.8) is 0 Å². The lowest BCUT2D eigenvalue weighted by molar-refractivity contribution is 1.12.